The van der Waals surface area contributed by atoms with Crippen molar-refractivity contribution in [3.63, 3.8) is 0 Å². The Hall–Kier alpha value is -0.0800. The lowest BCUT2D eigenvalue weighted by Crippen LogP contribution is -2.08. The molecular weight excluding hydrogens is 314 g/mol. The summed E-state index contributed by atoms with van der Waals surface area (Å²) >= 11 is 4.69. The number of halogens is 1. The first-order valence-electron chi connectivity index (χ1n) is 4.33. The van der Waals surface area contributed by atoms with Crippen molar-refractivity contribution in [3.8, 4) is 0 Å². The van der Waals surface area contributed by atoms with E-state index in [2.05, 4.69) is 15.9 Å². The number of benzene rings is 1. The van der Waals surface area contributed by atoms with Crippen molar-refractivity contribution in [2.75, 3.05) is 12.5 Å². The summed E-state index contributed by atoms with van der Waals surface area (Å²) in [5.74, 6) is 0. The van der Waals surface area contributed by atoms with Gasteiger partial charge in [-0.05, 0) is 39.9 Å². The van der Waals surface area contributed by atoms with Gasteiger partial charge >= 0.3 is 0 Å². The van der Waals surface area contributed by atoms with E-state index in [9.17, 15) is 8.42 Å². The SMILES string of the molecule is CSc1c(Br)cc(CNO)cc1S(C)(=O)=O. The van der Waals surface area contributed by atoms with Gasteiger partial charge in [0.05, 0.1) is 4.90 Å². The highest BCUT2D eigenvalue weighted by Crippen LogP contribution is 2.33. The lowest BCUT2D eigenvalue weighted by molar-refractivity contribution is 0.161. The van der Waals surface area contributed by atoms with Crippen LogP contribution >= 0.6 is 27.7 Å². The first-order chi connectivity index (χ1) is 7.40. The maximum atomic E-state index is 11.6. The van der Waals surface area contributed by atoms with E-state index in [1.165, 1.54) is 18.0 Å². The Morgan fingerprint density at radius 1 is 1.50 bits per heavy atom. The van der Waals surface area contributed by atoms with Crippen molar-refractivity contribution in [3.05, 3.63) is 22.2 Å². The molecule has 0 saturated heterocycles. The van der Waals surface area contributed by atoms with Gasteiger partial charge in [-0.3, -0.25) is 0 Å². The molecule has 0 aliphatic heterocycles. The molecule has 0 atom stereocenters. The normalized spacial score (nSPS) is 11.8. The predicted octanol–water partition coefficient (Wildman–Crippen LogP) is 2.05. The van der Waals surface area contributed by atoms with Gasteiger partial charge in [0, 0.05) is 22.2 Å². The molecule has 0 aliphatic carbocycles. The van der Waals surface area contributed by atoms with E-state index in [0.29, 0.717) is 14.9 Å². The second kappa shape index (κ2) is 5.50. The highest BCUT2D eigenvalue weighted by molar-refractivity contribution is 9.10. The quantitative estimate of drug-likeness (QED) is 0.655. The minimum absolute atomic E-state index is 0.204. The van der Waals surface area contributed by atoms with Crippen LogP contribution in [0, 0.1) is 0 Å². The molecule has 0 amide bonds. The highest BCUT2D eigenvalue weighted by Gasteiger charge is 2.16. The van der Waals surface area contributed by atoms with Gasteiger partial charge in [-0.25, -0.2) is 13.9 Å². The van der Waals surface area contributed by atoms with Gasteiger partial charge < -0.3 is 5.21 Å². The molecule has 2 N–H and O–H groups in total. The maximum absolute atomic E-state index is 11.6. The molecule has 0 radical (unpaired) electrons. The molecule has 0 spiro atoms. The average molecular weight is 326 g/mol. The monoisotopic (exact) mass is 325 g/mol. The molecule has 7 heteroatoms. The first kappa shape index (κ1) is 14.0. The van der Waals surface area contributed by atoms with Gasteiger partial charge in [0.1, 0.15) is 0 Å². The third kappa shape index (κ3) is 3.21. The van der Waals surface area contributed by atoms with E-state index >= 15 is 0 Å². The Bertz CT molecular complexity index is 488. The van der Waals surface area contributed by atoms with Crippen molar-refractivity contribution in [1.29, 1.82) is 0 Å². The van der Waals surface area contributed by atoms with Crippen LogP contribution < -0.4 is 5.48 Å². The van der Waals surface area contributed by atoms with E-state index in [1.807, 2.05) is 11.7 Å². The molecule has 16 heavy (non-hydrogen) atoms. The number of thioether (sulfide) groups is 1. The lowest BCUT2D eigenvalue weighted by atomic mass is 10.2. The molecule has 4 nitrogen and oxygen atoms in total. The molecular formula is C9H12BrNO3S2. The van der Waals surface area contributed by atoms with Crippen LogP contribution in [0.4, 0.5) is 0 Å². The molecule has 1 aromatic rings. The van der Waals surface area contributed by atoms with E-state index in [-0.39, 0.29) is 11.4 Å². The maximum Gasteiger partial charge on any atom is 0.176 e. The Kier molecular flexibility index (Phi) is 4.81. The zero-order valence-electron chi connectivity index (χ0n) is 8.82. The topological polar surface area (TPSA) is 66.4 Å². The third-order valence-electron chi connectivity index (χ3n) is 1.96. The molecule has 90 valence electrons. The smallest absolute Gasteiger partial charge is 0.176 e. The van der Waals surface area contributed by atoms with Crippen LogP contribution in [0.1, 0.15) is 5.56 Å². The average Bonchev–Trinajstić information content (AvgIpc) is 2.16. The number of sulfone groups is 1. The van der Waals surface area contributed by atoms with Gasteiger partial charge in [-0.15, -0.1) is 11.8 Å². The summed E-state index contributed by atoms with van der Waals surface area (Å²) in [6.07, 6.45) is 2.99. The van der Waals surface area contributed by atoms with Crippen molar-refractivity contribution < 1.29 is 13.6 Å². The van der Waals surface area contributed by atoms with E-state index in [4.69, 9.17) is 5.21 Å². The fraction of sp³-hybridized carbons (Fsp3) is 0.333. The number of hydroxylamine groups is 1. The number of nitrogens with one attached hydrogen (secondary N) is 1. The molecule has 0 unspecified atom stereocenters. The van der Waals surface area contributed by atoms with Crippen LogP contribution in [0.3, 0.4) is 0 Å². The van der Waals surface area contributed by atoms with Crippen molar-refractivity contribution in [1.82, 2.24) is 5.48 Å². The van der Waals surface area contributed by atoms with Gasteiger partial charge in [0.15, 0.2) is 9.84 Å². The summed E-state index contributed by atoms with van der Waals surface area (Å²) in [6.45, 7) is 0.204. The third-order valence-corrected chi connectivity index (χ3v) is 4.94. The fourth-order valence-corrected chi connectivity index (χ4v) is 4.44. The molecule has 1 aromatic carbocycles. The van der Waals surface area contributed by atoms with Crippen molar-refractivity contribution in [2.45, 2.75) is 16.3 Å². The van der Waals surface area contributed by atoms with Crippen molar-refractivity contribution >= 4 is 37.5 Å². The summed E-state index contributed by atoms with van der Waals surface area (Å²) in [4.78, 5) is 0.962. The van der Waals surface area contributed by atoms with Gasteiger partial charge in [0.2, 0.25) is 0 Å². The summed E-state index contributed by atoms with van der Waals surface area (Å²) < 4.78 is 23.9. The zero-order valence-corrected chi connectivity index (χ0v) is 12.0. The second-order valence-corrected chi connectivity index (χ2v) is 6.87. The summed E-state index contributed by atoms with van der Waals surface area (Å²) in [5.41, 5.74) is 2.71. The van der Waals surface area contributed by atoms with Gasteiger partial charge in [0.25, 0.3) is 0 Å². The highest BCUT2D eigenvalue weighted by atomic mass is 79.9. The Morgan fingerprint density at radius 3 is 2.56 bits per heavy atom. The molecule has 1 rings (SSSR count). The second-order valence-electron chi connectivity index (χ2n) is 3.22. The minimum Gasteiger partial charge on any atom is -0.316 e. The van der Waals surface area contributed by atoms with E-state index in [1.54, 1.807) is 12.1 Å². The number of hydrogen-bond acceptors (Lipinski definition) is 5. The molecule has 0 bridgehead atoms. The molecule has 0 saturated carbocycles. The van der Waals surface area contributed by atoms with Crippen LogP contribution in [-0.2, 0) is 16.4 Å². The molecule has 0 aromatic heterocycles. The Labute approximate surface area is 107 Å². The molecule has 0 aliphatic rings. The van der Waals surface area contributed by atoms with Crippen molar-refractivity contribution in [2.24, 2.45) is 0 Å². The fourth-order valence-electron chi connectivity index (χ4n) is 1.29. The first-order valence-corrected chi connectivity index (χ1v) is 8.24. The summed E-state index contributed by atoms with van der Waals surface area (Å²) in [7, 11) is -3.27. The lowest BCUT2D eigenvalue weighted by Gasteiger charge is -2.10. The largest absolute Gasteiger partial charge is 0.316 e. The van der Waals surface area contributed by atoms with E-state index < -0.39 is 9.84 Å². The van der Waals surface area contributed by atoms with E-state index in [0.717, 1.165) is 0 Å². The standard InChI is InChI=1S/C9H12BrNO3S2/c1-15-9-7(10)3-6(5-11-12)4-8(9)16(2,13)14/h3-4,11-12H,5H2,1-2H3. The summed E-state index contributed by atoms with van der Waals surface area (Å²) in [6, 6.07) is 3.35. The van der Waals surface area contributed by atoms with Crippen LogP contribution in [0.25, 0.3) is 0 Å². The molecule has 0 heterocycles. The zero-order chi connectivity index (χ0) is 12.3. The Balaban J connectivity index is 3.43. The summed E-state index contributed by atoms with van der Waals surface area (Å²) in [5, 5.41) is 8.61. The van der Waals surface area contributed by atoms with Crippen LogP contribution in [0.5, 0.6) is 0 Å². The van der Waals surface area contributed by atoms with Crippen LogP contribution in [0.2, 0.25) is 0 Å². The van der Waals surface area contributed by atoms with Crippen LogP contribution in [0.15, 0.2) is 26.4 Å². The number of hydrogen-bond donors (Lipinski definition) is 2. The number of rotatable bonds is 4. The minimum atomic E-state index is -3.27. The van der Waals surface area contributed by atoms with Crippen LogP contribution in [-0.4, -0.2) is 26.1 Å². The van der Waals surface area contributed by atoms with Gasteiger partial charge in [-0.2, -0.15) is 0 Å². The predicted molar refractivity (Wildman–Crippen MR) is 67.7 cm³/mol. The Morgan fingerprint density at radius 2 is 2.12 bits per heavy atom. The molecule has 0 fully saturated rings. The van der Waals surface area contributed by atoms with Gasteiger partial charge in [-0.1, -0.05) is 0 Å².